The first-order chi connectivity index (χ1) is 25.7. The Hall–Kier alpha value is -3.11. The van der Waals surface area contributed by atoms with Crippen molar-refractivity contribution >= 4 is 33.0 Å². The van der Waals surface area contributed by atoms with E-state index in [9.17, 15) is 38.4 Å². The van der Waals surface area contributed by atoms with Crippen LogP contribution in [0.4, 0.5) is 11.4 Å². The van der Waals surface area contributed by atoms with Gasteiger partial charge in [0, 0.05) is 44.0 Å². The lowest BCUT2D eigenvalue weighted by Gasteiger charge is -2.36. The second-order valence-electron chi connectivity index (χ2n) is 14.9. The van der Waals surface area contributed by atoms with Gasteiger partial charge in [0.05, 0.1) is 23.3 Å². The van der Waals surface area contributed by atoms with Crippen molar-refractivity contribution < 1.29 is 43.5 Å². The number of sulfone groups is 1. The third-order valence-corrected chi connectivity index (χ3v) is 12.4. The lowest BCUT2D eigenvalue weighted by atomic mass is 9.88. The molecule has 3 rings (SSSR count). The molecule has 0 fully saturated rings. The second-order valence-corrected chi connectivity index (χ2v) is 16.9. The molecule has 8 N–H and O–H groups in total. The molecule has 13 nitrogen and oxygen atoms in total. The van der Waals surface area contributed by atoms with Crippen LogP contribution in [0.2, 0.25) is 0 Å². The van der Waals surface area contributed by atoms with Gasteiger partial charge in [-0.15, -0.1) is 0 Å². The van der Waals surface area contributed by atoms with Crippen LogP contribution >= 0.6 is 0 Å². The summed E-state index contributed by atoms with van der Waals surface area (Å²) < 4.78 is 27.8. The molecule has 0 aliphatic carbocycles. The van der Waals surface area contributed by atoms with E-state index in [1.54, 1.807) is 6.07 Å². The van der Waals surface area contributed by atoms with Crippen LogP contribution in [-0.2, 0) is 19.4 Å². The lowest BCUT2D eigenvalue weighted by Crippen LogP contribution is -2.51. The molecule has 2 aromatic carbocycles. The number of nitrogens with one attached hydrogen (secondary N) is 3. The summed E-state index contributed by atoms with van der Waals surface area (Å²) in [5.41, 5.74) is 2.60. The fourth-order valence-electron chi connectivity index (χ4n) is 6.98. The van der Waals surface area contributed by atoms with Crippen molar-refractivity contribution in [1.82, 2.24) is 10.6 Å². The molecule has 0 saturated heterocycles. The predicted octanol–water partition coefficient (Wildman–Crippen LogP) is 3.56. The molecule has 0 saturated carbocycles. The Bertz CT molecular complexity index is 1590. The van der Waals surface area contributed by atoms with E-state index in [-0.39, 0.29) is 17.7 Å². The second kappa shape index (κ2) is 21.8. The van der Waals surface area contributed by atoms with Crippen LogP contribution in [0.1, 0.15) is 114 Å². The van der Waals surface area contributed by atoms with Crippen LogP contribution < -0.4 is 20.9 Å². The minimum Gasteiger partial charge on any atom is -0.394 e. The summed E-state index contributed by atoms with van der Waals surface area (Å²) in [7, 11) is 0.298. The zero-order valence-corrected chi connectivity index (χ0v) is 33.3. The monoisotopic (exact) mass is 776 g/mol. The number of rotatable bonds is 23. The average Bonchev–Trinajstić information content (AvgIpc) is 3.26. The molecule has 1 aliphatic heterocycles. The highest BCUT2D eigenvalue weighted by Gasteiger charge is 2.42. The maximum Gasteiger partial charge on any atom is 0.251 e. The standard InChI is InChI=1S/C40H64N4O9S/c1-5-7-22-40(6-2)27-54(52,53)33-21-20-30(44(3)4)25-31(33)35(43-40)28-17-16-18-29(24-28)42-34(47)19-14-12-10-8-9-11-13-15-23-41-39(51)38(50)37(49)36(48)32(46)26-45/h16-18,20-21,24-25,32,35-38,43,45-46,48-50H,5-15,19,22-23,26-27H2,1-4H3,(H,41,51)(H,42,47)/t32-,35-,36-,37+,38-,40-/m1/s1. The van der Waals surface area contributed by atoms with Crippen LogP contribution in [0.15, 0.2) is 47.4 Å². The number of carbonyl (C=O) groups is 2. The number of benzene rings is 2. The van der Waals surface area contributed by atoms with E-state index in [1.807, 2.05) is 62.3 Å². The first kappa shape index (κ1) is 45.3. The summed E-state index contributed by atoms with van der Waals surface area (Å²) in [6, 6.07) is 12.9. The van der Waals surface area contributed by atoms with E-state index in [4.69, 9.17) is 5.11 Å². The van der Waals surface area contributed by atoms with E-state index in [0.717, 1.165) is 75.5 Å². The number of hydrogen-bond donors (Lipinski definition) is 8. The fraction of sp³-hybridized carbons (Fsp3) is 0.650. The molecule has 1 aliphatic rings. The highest BCUT2D eigenvalue weighted by atomic mass is 32.2. The van der Waals surface area contributed by atoms with Crippen LogP contribution in [-0.4, -0.2) is 109 Å². The zero-order chi connectivity index (χ0) is 39.9. The summed E-state index contributed by atoms with van der Waals surface area (Å²) in [6.07, 6.45) is 3.51. The van der Waals surface area contributed by atoms with Gasteiger partial charge in [0.25, 0.3) is 5.91 Å². The Morgan fingerprint density at radius 2 is 1.57 bits per heavy atom. The molecule has 0 spiro atoms. The Morgan fingerprint density at radius 1 is 0.907 bits per heavy atom. The maximum absolute atomic E-state index is 13.9. The number of hydrogen-bond acceptors (Lipinski definition) is 11. The minimum atomic E-state index is -3.58. The first-order valence-electron chi connectivity index (χ1n) is 19.5. The third-order valence-electron chi connectivity index (χ3n) is 10.4. The van der Waals surface area contributed by atoms with E-state index in [1.165, 1.54) is 0 Å². The number of unbranched alkanes of at least 4 members (excludes halogenated alkanes) is 8. The number of fused-ring (bicyclic) bond motifs is 1. The van der Waals surface area contributed by atoms with Crippen molar-refractivity contribution in [3.05, 3.63) is 53.6 Å². The Kier molecular flexibility index (Phi) is 18.3. The van der Waals surface area contributed by atoms with Gasteiger partial charge in [0.15, 0.2) is 15.9 Å². The molecule has 0 unspecified atom stereocenters. The Labute approximate surface area is 321 Å². The van der Waals surface area contributed by atoms with Gasteiger partial charge in [-0.3, -0.25) is 14.9 Å². The topological polar surface area (TPSA) is 209 Å². The molecule has 14 heteroatoms. The molecule has 2 aromatic rings. The summed E-state index contributed by atoms with van der Waals surface area (Å²) >= 11 is 0. The lowest BCUT2D eigenvalue weighted by molar-refractivity contribution is -0.148. The average molecular weight is 777 g/mol. The number of aliphatic hydroxyl groups is 5. The van der Waals surface area contributed by atoms with E-state index < -0.39 is 52.3 Å². The maximum atomic E-state index is 13.9. The van der Waals surface area contributed by atoms with Crippen LogP contribution in [0.3, 0.4) is 0 Å². The first-order valence-corrected chi connectivity index (χ1v) is 21.2. The normalized spacial score (nSPS) is 20.2. The number of aliphatic hydroxyl groups excluding tert-OH is 5. The molecular weight excluding hydrogens is 713 g/mol. The molecule has 0 radical (unpaired) electrons. The summed E-state index contributed by atoms with van der Waals surface area (Å²) in [4.78, 5) is 27.3. The van der Waals surface area contributed by atoms with Gasteiger partial charge < -0.3 is 41.1 Å². The van der Waals surface area contributed by atoms with Gasteiger partial charge in [-0.25, -0.2) is 8.42 Å². The number of amides is 2. The van der Waals surface area contributed by atoms with Crippen molar-refractivity contribution in [3.63, 3.8) is 0 Å². The van der Waals surface area contributed by atoms with Crippen molar-refractivity contribution in [2.75, 3.05) is 43.2 Å². The van der Waals surface area contributed by atoms with Gasteiger partial charge in [-0.2, -0.15) is 0 Å². The number of anilines is 2. The molecule has 304 valence electrons. The molecule has 0 bridgehead atoms. The predicted molar refractivity (Wildman–Crippen MR) is 211 cm³/mol. The molecule has 6 atom stereocenters. The van der Waals surface area contributed by atoms with Crippen molar-refractivity contribution in [1.29, 1.82) is 0 Å². The zero-order valence-electron chi connectivity index (χ0n) is 32.5. The summed E-state index contributed by atoms with van der Waals surface area (Å²) in [5, 5.41) is 56.9. The van der Waals surface area contributed by atoms with Gasteiger partial charge in [0.1, 0.15) is 18.3 Å². The van der Waals surface area contributed by atoms with E-state index in [2.05, 4.69) is 22.9 Å². The molecule has 54 heavy (non-hydrogen) atoms. The SMILES string of the molecule is CCCC[C@]1(CC)CS(=O)(=O)c2ccc(N(C)C)cc2[C@@H](c2cccc(NC(=O)CCCCCCCCCCNC(=O)[C@H](O)[C@@H](O)[C@H](O)[C@H](O)CO)c2)N1. The van der Waals surface area contributed by atoms with Crippen molar-refractivity contribution in [2.24, 2.45) is 0 Å². The highest BCUT2D eigenvalue weighted by Crippen LogP contribution is 2.40. The quantitative estimate of drug-likeness (QED) is 0.0766. The highest BCUT2D eigenvalue weighted by molar-refractivity contribution is 7.91. The third kappa shape index (κ3) is 13.0. The fourth-order valence-corrected chi connectivity index (χ4v) is 9.10. The minimum absolute atomic E-state index is 0.0317. The molecule has 2 amide bonds. The van der Waals surface area contributed by atoms with Crippen LogP contribution in [0.5, 0.6) is 0 Å². The summed E-state index contributed by atoms with van der Waals surface area (Å²) in [6.45, 7) is 3.64. The van der Waals surface area contributed by atoms with Crippen LogP contribution in [0.25, 0.3) is 0 Å². The number of nitrogens with zero attached hydrogens (tertiary/aromatic N) is 1. The largest absolute Gasteiger partial charge is 0.394 e. The van der Waals surface area contributed by atoms with E-state index >= 15 is 0 Å². The smallest absolute Gasteiger partial charge is 0.251 e. The molecule has 1 heterocycles. The van der Waals surface area contributed by atoms with Gasteiger partial charge in [0.2, 0.25) is 5.91 Å². The van der Waals surface area contributed by atoms with E-state index in [0.29, 0.717) is 42.0 Å². The molecular formula is C40H64N4O9S. The number of carbonyl (C=O) groups excluding carboxylic acids is 2. The Morgan fingerprint density at radius 3 is 2.20 bits per heavy atom. The molecule has 0 aromatic heterocycles. The Balaban J connectivity index is 1.47. The van der Waals surface area contributed by atoms with Gasteiger partial charge >= 0.3 is 0 Å². The van der Waals surface area contributed by atoms with Gasteiger partial charge in [-0.1, -0.05) is 77.3 Å². The van der Waals surface area contributed by atoms with Crippen molar-refractivity contribution in [2.45, 2.75) is 138 Å². The summed E-state index contributed by atoms with van der Waals surface area (Å²) in [5.74, 6) is -0.893. The van der Waals surface area contributed by atoms with Crippen LogP contribution in [0, 0.1) is 0 Å². The van der Waals surface area contributed by atoms with Gasteiger partial charge in [-0.05, 0) is 67.1 Å². The van der Waals surface area contributed by atoms with Crippen molar-refractivity contribution in [3.8, 4) is 0 Å².